The molecule has 0 N–H and O–H groups in total. The van der Waals surface area contributed by atoms with Gasteiger partial charge in [-0.15, -0.1) is 11.6 Å². The van der Waals surface area contributed by atoms with E-state index in [0.717, 1.165) is 25.7 Å². The molecule has 0 amide bonds. The maximum atomic E-state index is 6.32. The normalized spacial score (nSPS) is 51.0. The molecule has 1 aliphatic heterocycles. The van der Waals surface area contributed by atoms with Gasteiger partial charge in [-0.05, 0) is 39.5 Å². The summed E-state index contributed by atoms with van der Waals surface area (Å²) >= 11 is 6.32. The quantitative estimate of drug-likeness (QED) is 0.720. The summed E-state index contributed by atoms with van der Waals surface area (Å²) in [6.07, 6.45) is 5.49. The molecule has 0 aromatic carbocycles. The van der Waals surface area contributed by atoms with E-state index in [-0.39, 0.29) is 10.8 Å². The summed E-state index contributed by atoms with van der Waals surface area (Å²) in [5.41, 5.74) is 0.173. The third kappa shape index (κ3) is 2.64. The van der Waals surface area contributed by atoms with Crippen LogP contribution in [0.4, 0.5) is 0 Å². The molecule has 1 saturated carbocycles. The second-order valence-corrected chi connectivity index (χ2v) is 6.56. The molecule has 17 heavy (non-hydrogen) atoms. The van der Waals surface area contributed by atoms with Gasteiger partial charge in [0.15, 0.2) is 0 Å². The Balaban J connectivity index is 1.89. The van der Waals surface area contributed by atoms with Crippen molar-refractivity contribution in [1.82, 2.24) is 0 Å². The molecule has 100 valence electrons. The van der Waals surface area contributed by atoms with Gasteiger partial charge in [-0.3, -0.25) is 0 Å². The maximum absolute atomic E-state index is 6.32. The number of hydrogen-bond donors (Lipinski definition) is 0. The van der Waals surface area contributed by atoms with Crippen LogP contribution in [0.5, 0.6) is 0 Å². The topological polar surface area (TPSA) is 18.5 Å². The average molecular weight is 261 g/mol. The van der Waals surface area contributed by atoms with Gasteiger partial charge in [0, 0.05) is 10.8 Å². The Morgan fingerprint density at radius 1 is 1.24 bits per heavy atom. The zero-order valence-corrected chi connectivity index (χ0v) is 12.2. The van der Waals surface area contributed by atoms with Crippen molar-refractivity contribution in [2.24, 2.45) is 5.41 Å². The molecular formula is C14H25ClO2. The molecule has 5 atom stereocenters. The van der Waals surface area contributed by atoms with Crippen LogP contribution in [0.1, 0.15) is 53.4 Å². The minimum absolute atomic E-state index is 0.173. The highest BCUT2D eigenvalue weighted by Gasteiger charge is 2.51. The smallest absolute Gasteiger partial charge is 0.0660 e. The molecule has 0 radical (unpaired) electrons. The Kier molecular flexibility index (Phi) is 4.06. The van der Waals surface area contributed by atoms with Gasteiger partial charge >= 0.3 is 0 Å². The number of hydrogen-bond acceptors (Lipinski definition) is 2. The number of alkyl halides is 1. The van der Waals surface area contributed by atoms with Crippen LogP contribution in [-0.2, 0) is 9.47 Å². The summed E-state index contributed by atoms with van der Waals surface area (Å²) in [5.74, 6) is 0. The first kappa shape index (κ1) is 13.6. The Morgan fingerprint density at radius 3 is 2.29 bits per heavy atom. The number of rotatable bonds is 3. The van der Waals surface area contributed by atoms with E-state index < -0.39 is 0 Å². The molecule has 1 aliphatic carbocycles. The molecule has 0 spiro atoms. The molecular weight excluding hydrogens is 236 g/mol. The van der Waals surface area contributed by atoms with Crippen molar-refractivity contribution in [2.75, 3.05) is 0 Å². The van der Waals surface area contributed by atoms with Crippen LogP contribution in [0, 0.1) is 5.41 Å². The van der Waals surface area contributed by atoms with Crippen molar-refractivity contribution < 1.29 is 9.47 Å². The molecule has 5 unspecified atom stereocenters. The third-order valence-corrected chi connectivity index (χ3v) is 5.32. The van der Waals surface area contributed by atoms with Crippen LogP contribution < -0.4 is 0 Å². The fourth-order valence-electron chi connectivity index (χ4n) is 3.12. The molecule has 0 aromatic heterocycles. The molecule has 2 rings (SSSR count). The minimum Gasteiger partial charge on any atom is -0.375 e. The predicted molar refractivity (Wildman–Crippen MR) is 70.6 cm³/mol. The predicted octanol–water partition coefficient (Wildman–Crippen LogP) is 3.76. The van der Waals surface area contributed by atoms with Crippen molar-refractivity contribution in [3.63, 3.8) is 0 Å². The highest BCUT2D eigenvalue weighted by Crippen LogP contribution is 2.50. The lowest BCUT2D eigenvalue weighted by Gasteiger charge is -2.52. The van der Waals surface area contributed by atoms with Crippen LogP contribution in [-0.4, -0.2) is 29.8 Å². The van der Waals surface area contributed by atoms with Crippen LogP contribution in [0.15, 0.2) is 0 Å². The van der Waals surface area contributed by atoms with E-state index in [1.54, 1.807) is 0 Å². The van der Waals surface area contributed by atoms with Gasteiger partial charge in [0.1, 0.15) is 0 Å². The lowest BCUT2D eigenvalue weighted by atomic mass is 9.65. The van der Waals surface area contributed by atoms with Crippen molar-refractivity contribution in [3.8, 4) is 0 Å². The molecule has 0 aromatic rings. The lowest BCUT2D eigenvalue weighted by molar-refractivity contribution is -0.175. The summed E-state index contributed by atoms with van der Waals surface area (Å²) in [4.78, 5) is 0. The van der Waals surface area contributed by atoms with E-state index in [1.807, 2.05) is 0 Å². The molecule has 2 aliphatic rings. The molecule has 0 bridgehead atoms. The fourth-order valence-corrected chi connectivity index (χ4v) is 3.57. The lowest BCUT2D eigenvalue weighted by Crippen LogP contribution is -2.55. The zero-order valence-electron chi connectivity index (χ0n) is 11.4. The molecule has 2 nitrogen and oxygen atoms in total. The van der Waals surface area contributed by atoms with E-state index in [4.69, 9.17) is 21.1 Å². The van der Waals surface area contributed by atoms with Gasteiger partial charge in [0.25, 0.3) is 0 Å². The maximum Gasteiger partial charge on any atom is 0.0660 e. The first-order valence-corrected chi connectivity index (χ1v) is 7.34. The van der Waals surface area contributed by atoms with Gasteiger partial charge in [-0.1, -0.05) is 13.8 Å². The zero-order chi connectivity index (χ0) is 12.6. The van der Waals surface area contributed by atoms with Crippen LogP contribution in [0.2, 0.25) is 0 Å². The third-order valence-electron chi connectivity index (χ3n) is 4.64. The highest BCUT2D eigenvalue weighted by molar-refractivity contribution is 6.21. The van der Waals surface area contributed by atoms with Crippen LogP contribution in [0.3, 0.4) is 0 Å². The largest absolute Gasteiger partial charge is 0.375 e. The van der Waals surface area contributed by atoms with Crippen molar-refractivity contribution in [1.29, 1.82) is 0 Å². The molecule has 1 heterocycles. The number of halogens is 1. The summed E-state index contributed by atoms with van der Waals surface area (Å²) < 4.78 is 12.0. The first-order valence-electron chi connectivity index (χ1n) is 6.90. The van der Waals surface area contributed by atoms with E-state index in [9.17, 15) is 0 Å². The molecule has 3 heteroatoms. The number of ether oxygens (including phenoxy) is 2. The average Bonchev–Trinajstić information content (AvgIpc) is 2.26. The minimum atomic E-state index is 0.173. The fraction of sp³-hybridized carbons (Fsp3) is 1.00. The summed E-state index contributed by atoms with van der Waals surface area (Å²) in [6, 6.07) is 0. The highest BCUT2D eigenvalue weighted by atomic mass is 35.5. The Bertz CT molecular complexity index is 261. The van der Waals surface area contributed by atoms with Gasteiger partial charge in [0.05, 0.1) is 24.4 Å². The van der Waals surface area contributed by atoms with E-state index in [1.165, 1.54) is 0 Å². The van der Waals surface area contributed by atoms with E-state index in [2.05, 4.69) is 27.7 Å². The van der Waals surface area contributed by atoms with Gasteiger partial charge in [-0.25, -0.2) is 0 Å². The molecule has 1 saturated heterocycles. The first-order chi connectivity index (χ1) is 7.95. The van der Waals surface area contributed by atoms with Crippen molar-refractivity contribution in [2.45, 2.75) is 83.2 Å². The monoisotopic (exact) mass is 260 g/mol. The molecule has 2 fully saturated rings. The summed E-state index contributed by atoms with van der Waals surface area (Å²) in [6.45, 7) is 8.73. The van der Waals surface area contributed by atoms with Gasteiger partial charge in [-0.2, -0.15) is 0 Å². The van der Waals surface area contributed by atoms with Gasteiger partial charge < -0.3 is 9.47 Å². The van der Waals surface area contributed by atoms with Gasteiger partial charge in [0.2, 0.25) is 0 Å². The van der Waals surface area contributed by atoms with Crippen LogP contribution in [0.25, 0.3) is 0 Å². The Labute approximate surface area is 110 Å². The van der Waals surface area contributed by atoms with Crippen LogP contribution >= 0.6 is 11.6 Å². The second kappa shape index (κ2) is 5.07. The second-order valence-electron chi connectivity index (χ2n) is 6.04. The van der Waals surface area contributed by atoms with E-state index >= 15 is 0 Å². The summed E-state index contributed by atoms with van der Waals surface area (Å²) in [5, 5.41) is 0.284. The van der Waals surface area contributed by atoms with Crippen molar-refractivity contribution >= 4 is 11.6 Å². The Hall–Kier alpha value is 0.210. The van der Waals surface area contributed by atoms with E-state index in [0.29, 0.717) is 24.4 Å². The standard InChI is InChI=1S/C14H25ClO2/c1-5-14(4)12(15)8-13(14)17-11-6-9(2)16-10(3)7-11/h9-13H,5-8H2,1-4H3. The summed E-state index contributed by atoms with van der Waals surface area (Å²) in [7, 11) is 0. The van der Waals surface area contributed by atoms with Crippen molar-refractivity contribution in [3.05, 3.63) is 0 Å². The Morgan fingerprint density at radius 2 is 1.82 bits per heavy atom. The SMILES string of the molecule is CCC1(C)C(Cl)CC1OC1CC(C)OC(C)C1.